The summed E-state index contributed by atoms with van der Waals surface area (Å²) in [5.74, 6) is -2.38. The molecule has 1 amide bonds. The van der Waals surface area contributed by atoms with Crippen molar-refractivity contribution in [1.82, 2.24) is 15.1 Å². The van der Waals surface area contributed by atoms with E-state index in [1.165, 1.54) is 43.5 Å². The number of ether oxygens (including phenoxy) is 2. The monoisotopic (exact) mass is 619 g/mol. The van der Waals surface area contributed by atoms with Crippen LogP contribution in [0.5, 0.6) is 0 Å². The highest BCUT2D eigenvalue weighted by atomic mass is 19.1. The standard InChI is InChI=1S/C35H39F2N3O5/c1-22(33(43)38-34-18-23-15-24(19-34)17-25(16-23)20-34)39-13-2-14-40(35(21-39)44-30(41)11-12-31(42)45-35)32(26-3-7-28(36)8-4-26)27-5-9-29(37)10-6-27/h3-12,22-25,32H,2,13-21H2,1H3,(H,38,43). The lowest BCUT2D eigenvalue weighted by atomic mass is 9.53. The SMILES string of the molecule is CC(C(=O)NC12CC3CC(CC(C3)C1)C2)N1CCCN(C(c2ccc(F)cc2)c2ccc(F)cc2)C2(C1)OC(=O)C=CC(=O)O2. The highest BCUT2D eigenvalue weighted by Gasteiger charge is 2.54. The van der Waals surface area contributed by atoms with Crippen LogP contribution in [0.15, 0.2) is 60.7 Å². The molecular weight excluding hydrogens is 580 g/mol. The lowest BCUT2D eigenvalue weighted by Crippen LogP contribution is -2.64. The summed E-state index contributed by atoms with van der Waals surface area (Å²) in [5.41, 5.74) is 1.09. The molecule has 0 radical (unpaired) electrons. The molecule has 4 saturated carbocycles. The van der Waals surface area contributed by atoms with Crippen molar-refractivity contribution < 1.29 is 32.6 Å². The maximum Gasteiger partial charge on any atom is 0.335 e. The Labute approximate surface area is 261 Å². The third kappa shape index (κ3) is 5.90. The van der Waals surface area contributed by atoms with Gasteiger partial charge in [0.05, 0.1) is 18.6 Å². The lowest BCUT2D eigenvalue weighted by Gasteiger charge is -2.57. The Kier molecular flexibility index (Phi) is 7.76. The quantitative estimate of drug-likeness (QED) is 0.463. The van der Waals surface area contributed by atoms with Gasteiger partial charge in [0.2, 0.25) is 5.91 Å². The number of benzene rings is 2. The molecule has 1 atom stereocenters. The van der Waals surface area contributed by atoms with Crippen LogP contribution in [-0.4, -0.2) is 64.8 Å². The lowest BCUT2D eigenvalue weighted by molar-refractivity contribution is -0.290. The zero-order valence-corrected chi connectivity index (χ0v) is 25.4. The average molecular weight is 620 g/mol. The van der Waals surface area contributed by atoms with Gasteiger partial charge in [0.25, 0.3) is 0 Å². The minimum Gasteiger partial charge on any atom is -0.404 e. The van der Waals surface area contributed by atoms with Crippen LogP contribution >= 0.6 is 0 Å². The first kappa shape index (κ1) is 30.0. The second-order valence-electron chi connectivity index (χ2n) is 13.8. The van der Waals surface area contributed by atoms with Gasteiger partial charge in [-0.25, -0.2) is 23.3 Å². The molecule has 1 unspecified atom stereocenters. The van der Waals surface area contributed by atoms with Crippen LogP contribution < -0.4 is 5.32 Å². The molecule has 2 aliphatic heterocycles. The molecule has 45 heavy (non-hydrogen) atoms. The number of amides is 1. The van der Waals surface area contributed by atoms with Crippen LogP contribution in [-0.2, 0) is 23.9 Å². The third-order valence-corrected chi connectivity index (χ3v) is 10.6. The third-order valence-electron chi connectivity index (χ3n) is 10.6. The number of halogens is 2. The summed E-state index contributed by atoms with van der Waals surface area (Å²) in [6.45, 7) is 2.51. The van der Waals surface area contributed by atoms with E-state index in [9.17, 15) is 23.2 Å². The molecule has 2 aromatic rings. The first-order valence-corrected chi connectivity index (χ1v) is 16.1. The second kappa shape index (κ2) is 11.6. The average Bonchev–Trinajstić information content (AvgIpc) is 3.25. The fourth-order valence-corrected chi connectivity index (χ4v) is 9.06. The summed E-state index contributed by atoms with van der Waals surface area (Å²) in [6.07, 6.45) is 9.46. The first-order valence-electron chi connectivity index (χ1n) is 16.1. The van der Waals surface area contributed by atoms with Gasteiger partial charge in [-0.1, -0.05) is 24.3 Å². The van der Waals surface area contributed by atoms with Gasteiger partial charge in [0, 0.05) is 30.8 Å². The van der Waals surface area contributed by atoms with Gasteiger partial charge in [-0.15, -0.1) is 0 Å². The summed E-state index contributed by atoms with van der Waals surface area (Å²) >= 11 is 0. The Bertz CT molecular complexity index is 1390. The normalized spacial score (nSPS) is 30.1. The van der Waals surface area contributed by atoms with E-state index in [1.54, 1.807) is 29.2 Å². The molecule has 4 bridgehead atoms. The van der Waals surface area contributed by atoms with E-state index in [0.29, 0.717) is 48.4 Å². The molecule has 4 aliphatic carbocycles. The molecule has 238 valence electrons. The van der Waals surface area contributed by atoms with Crippen LogP contribution in [0.4, 0.5) is 8.78 Å². The highest BCUT2D eigenvalue weighted by molar-refractivity contribution is 5.93. The van der Waals surface area contributed by atoms with Gasteiger partial charge in [-0.3, -0.25) is 9.69 Å². The van der Waals surface area contributed by atoms with E-state index in [0.717, 1.165) is 31.4 Å². The van der Waals surface area contributed by atoms with Crippen molar-refractivity contribution >= 4 is 17.8 Å². The predicted octanol–water partition coefficient (Wildman–Crippen LogP) is 4.85. The molecule has 0 aromatic heterocycles. The number of nitrogens with zero attached hydrogens (tertiary/aromatic N) is 2. The number of carbonyl (C=O) groups is 3. The van der Waals surface area contributed by atoms with Crippen molar-refractivity contribution in [3.63, 3.8) is 0 Å². The molecular formula is C35H39F2N3O5. The van der Waals surface area contributed by atoms with E-state index in [4.69, 9.17) is 9.47 Å². The summed E-state index contributed by atoms with van der Waals surface area (Å²) < 4.78 is 40.1. The van der Waals surface area contributed by atoms with Gasteiger partial charge in [-0.2, -0.15) is 0 Å². The van der Waals surface area contributed by atoms with E-state index in [1.807, 2.05) is 11.8 Å². The van der Waals surface area contributed by atoms with Gasteiger partial charge >= 0.3 is 17.8 Å². The van der Waals surface area contributed by atoms with Gasteiger partial charge in [0.15, 0.2) is 0 Å². The van der Waals surface area contributed by atoms with Crippen molar-refractivity contribution in [2.75, 3.05) is 19.6 Å². The summed E-state index contributed by atoms with van der Waals surface area (Å²) in [7, 11) is 0. The fourth-order valence-electron chi connectivity index (χ4n) is 9.06. The largest absolute Gasteiger partial charge is 0.404 e. The molecule has 1 N–H and O–H groups in total. The molecule has 1 saturated heterocycles. The van der Waals surface area contributed by atoms with Gasteiger partial charge < -0.3 is 14.8 Å². The topological polar surface area (TPSA) is 88.2 Å². The molecule has 1 spiro atoms. The second-order valence-corrected chi connectivity index (χ2v) is 13.8. The van der Waals surface area contributed by atoms with Crippen molar-refractivity contribution in [3.05, 3.63) is 83.4 Å². The maximum atomic E-state index is 14.0. The van der Waals surface area contributed by atoms with Gasteiger partial charge in [-0.05, 0) is 105 Å². The predicted molar refractivity (Wildman–Crippen MR) is 160 cm³/mol. The van der Waals surface area contributed by atoms with Crippen molar-refractivity contribution in [1.29, 1.82) is 0 Å². The molecule has 8 rings (SSSR count). The number of carbonyl (C=O) groups excluding carboxylic acids is 3. The van der Waals surface area contributed by atoms with E-state index in [2.05, 4.69) is 5.32 Å². The number of rotatable bonds is 6. The van der Waals surface area contributed by atoms with E-state index in [-0.39, 0.29) is 18.0 Å². The molecule has 8 nitrogen and oxygen atoms in total. The highest BCUT2D eigenvalue weighted by Crippen LogP contribution is 2.55. The number of hydrogen-bond donors (Lipinski definition) is 1. The molecule has 2 heterocycles. The maximum absolute atomic E-state index is 14.0. The Hall–Kier alpha value is -3.63. The molecule has 2 aromatic carbocycles. The van der Waals surface area contributed by atoms with E-state index >= 15 is 0 Å². The van der Waals surface area contributed by atoms with E-state index < -0.39 is 41.6 Å². The fraction of sp³-hybridized carbons (Fsp3) is 0.514. The number of esters is 2. The van der Waals surface area contributed by atoms with Crippen LogP contribution in [0.1, 0.15) is 69.0 Å². The summed E-state index contributed by atoms with van der Waals surface area (Å²) in [5, 5.41) is 3.47. The molecule has 5 fully saturated rings. The summed E-state index contributed by atoms with van der Waals surface area (Å²) in [6, 6.07) is 10.4. The smallest absolute Gasteiger partial charge is 0.335 e. The minimum atomic E-state index is -1.93. The Morgan fingerprint density at radius 1 is 0.822 bits per heavy atom. The zero-order chi connectivity index (χ0) is 31.3. The van der Waals surface area contributed by atoms with Crippen LogP contribution in [0, 0.1) is 29.4 Å². The molecule has 10 heteroatoms. The minimum absolute atomic E-state index is 0.0847. The number of hydrogen-bond acceptors (Lipinski definition) is 7. The Balaban J connectivity index is 1.22. The summed E-state index contributed by atoms with van der Waals surface area (Å²) in [4.78, 5) is 43.7. The van der Waals surface area contributed by atoms with Crippen LogP contribution in [0.25, 0.3) is 0 Å². The first-order chi connectivity index (χ1) is 21.6. The van der Waals surface area contributed by atoms with Crippen LogP contribution in [0.3, 0.4) is 0 Å². The Morgan fingerprint density at radius 3 is 1.80 bits per heavy atom. The molecule has 6 aliphatic rings. The number of nitrogens with one attached hydrogen (secondary N) is 1. The van der Waals surface area contributed by atoms with Gasteiger partial charge in [0.1, 0.15) is 11.6 Å². The van der Waals surface area contributed by atoms with Crippen LogP contribution in [0.2, 0.25) is 0 Å². The van der Waals surface area contributed by atoms with Crippen molar-refractivity contribution in [2.24, 2.45) is 17.8 Å². The van der Waals surface area contributed by atoms with Crippen molar-refractivity contribution in [3.8, 4) is 0 Å². The Morgan fingerprint density at radius 2 is 1.31 bits per heavy atom. The zero-order valence-electron chi connectivity index (χ0n) is 25.4. The van der Waals surface area contributed by atoms with Crippen molar-refractivity contribution in [2.45, 2.75) is 75.4 Å².